The molecule has 0 aromatic carbocycles. The molecule has 0 aromatic rings. The van der Waals surface area contributed by atoms with Crippen molar-refractivity contribution in [2.24, 2.45) is 0 Å². The van der Waals surface area contributed by atoms with Gasteiger partial charge in [0.2, 0.25) is 0 Å². The van der Waals surface area contributed by atoms with Gasteiger partial charge in [-0.3, -0.25) is 4.79 Å². The molecular weight excluding hydrogens is 160 g/mol. The molecule has 9 heavy (non-hydrogen) atoms. The number of hydrogen-bond donors (Lipinski definition) is 1. The van der Waals surface area contributed by atoms with Crippen molar-refractivity contribution in [3.05, 3.63) is 12.0 Å². The third-order valence-electron chi connectivity index (χ3n) is 0.338. The first-order valence-corrected chi connectivity index (χ1v) is 3.76. The number of carbonyl (C=O) groups is 1. The molecule has 0 aliphatic carbocycles. The standard InChI is InChI=1S/C4H6O3S2/c1-2-8-7-9-3-4(5)6/h2H,1,3H2,(H,5,6). The summed E-state index contributed by atoms with van der Waals surface area (Å²) in [6.07, 6.45) is 0. The summed E-state index contributed by atoms with van der Waals surface area (Å²) in [6.45, 7) is 3.35. The van der Waals surface area contributed by atoms with Crippen molar-refractivity contribution in [3.63, 3.8) is 0 Å². The molecule has 0 amide bonds. The molecule has 0 aromatic heterocycles. The van der Waals surface area contributed by atoms with E-state index < -0.39 is 5.97 Å². The van der Waals surface area contributed by atoms with Gasteiger partial charge in [-0.15, -0.1) is 0 Å². The highest BCUT2D eigenvalue weighted by atomic mass is 32.2. The third-order valence-corrected chi connectivity index (χ3v) is 1.54. The van der Waals surface area contributed by atoms with Crippen molar-refractivity contribution in [2.75, 3.05) is 5.75 Å². The largest absolute Gasteiger partial charge is 0.481 e. The van der Waals surface area contributed by atoms with Crippen LogP contribution in [0.15, 0.2) is 12.0 Å². The highest BCUT2D eigenvalue weighted by Gasteiger charge is 1.95. The summed E-state index contributed by atoms with van der Waals surface area (Å²) in [6, 6.07) is 0. The van der Waals surface area contributed by atoms with Crippen LogP contribution in [-0.2, 0) is 8.42 Å². The second-order valence-corrected chi connectivity index (χ2v) is 2.58. The van der Waals surface area contributed by atoms with E-state index in [9.17, 15) is 4.79 Å². The van der Waals surface area contributed by atoms with E-state index in [1.54, 1.807) is 0 Å². The van der Waals surface area contributed by atoms with Crippen molar-refractivity contribution in [1.82, 2.24) is 0 Å². The minimum atomic E-state index is -0.885. The zero-order valence-electron chi connectivity index (χ0n) is 4.57. The minimum absolute atomic E-state index is 0.0408. The fourth-order valence-electron chi connectivity index (χ4n) is 0.130. The quantitative estimate of drug-likeness (QED) is 0.495. The second kappa shape index (κ2) is 6.00. The van der Waals surface area contributed by atoms with Gasteiger partial charge in [0.1, 0.15) is 5.75 Å². The average molecular weight is 166 g/mol. The lowest BCUT2D eigenvalue weighted by Crippen LogP contribution is -1.96. The van der Waals surface area contributed by atoms with Crippen LogP contribution < -0.4 is 0 Å². The molecule has 0 bridgehead atoms. The maximum Gasteiger partial charge on any atom is 0.315 e. The Kier molecular flexibility index (Phi) is 5.91. The Hall–Kier alpha value is -0.130. The summed E-state index contributed by atoms with van der Waals surface area (Å²) in [5, 5.41) is 9.56. The minimum Gasteiger partial charge on any atom is -0.481 e. The van der Waals surface area contributed by atoms with Crippen LogP contribution in [0.4, 0.5) is 0 Å². The molecule has 0 saturated carbocycles. The van der Waals surface area contributed by atoms with Gasteiger partial charge in [-0.25, -0.2) is 3.63 Å². The van der Waals surface area contributed by atoms with Gasteiger partial charge >= 0.3 is 5.97 Å². The first-order chi connectivity index (χ1) is 4.27. The fourth-order valence-corrected chi connectivity index (χ4v) is 0.868. The molecule has 1 N–H and O–H groups in total. The molecule has 0 aliphatic heterocycles. The monoisotopic (exact) mass is 166 g/mol. The second-order valence-electron chi connectivity index (χ2n) is 0.987. The van der Waals surface area contributed by atoms with Crippen LogP contribution in [0.3, 0.4) is 0 Å². The Morgan fingerprint density at radius 2 is 2.56 bits per heavy atom. The lowest BCUT2D eigenvalue weighted by molar-refractivity contribution is -0.133. The number of aliphatic carboxylic acids is 1. The van der Waals surface area contributed by atoms with Crippen LogP contribution in [0.5, 0.6) is 0 Å². The Bertz CT molecular complexity index is 104. The maximum atomic E-state index is 9.83. The Morgan fingerprint density at radius 3 is 3.00 bits per heavy atom. The summed E-state index contributed by atoms with van der Waals surface area (Å²) in [5.41, 5.74) is 0. The van der Waals surface area contributed by atoms with Gasteiger partial charge < -0.3 is 5.11 Å². The molecule has 0 unspecified atom stereocenters. The molecule has 0 aliphatic rings. The summed E-state index contributed by atoms with van der Waals surface area (Å²) in [5.74, 6) is -0.925. The summed E-state index contributed by atoms with van der Waals surface area (Å²) >= 11 is 1.89. The van der Waals surface area contributed by atoms with E-state index in [4.69, 9.17) is 5.11 Å². The molecule has 52 valence electrons. The van der Waals surface area contributed by atoms with E-state index >= 15 is 0 Å². The predicted octanol–water partition coefficient (Wildman–Crippen LogP) is 1.53. The Morgan fingerprint density at radius 1 is 1.89 bits per heavy atom. The van der Waals surface area contributed by atoms with E-state index in [1.807, 2.05) is 0 Å². The molecule has 0 radical (unpaired) electrons. The lowest BCUT2D eigenvalue weighted by atomic mass is 10.8. The predicted molar refractivity (Wildman–Crippen MR) is 39.0 cm³/mol. The van der Waals surface area contributed by atoms with Gasteiger partial charge in [0.25, 0.3) is 0 Å². The van der Waals surface area contributed by atoms with Gasteiger partial charge in [0.05, 0.1) is 0 Å². The van der Waals surface area contributed by atoms with E-state index in [-0.39, 0.29) is 5.75 Å². The van der Waals surface area contributed by atoms with Crippen LogP contribution in [0.2, 0.25) is 0 Å². The van der Waals surface area contributed by atoms with Gasteiger partial charge in [0.15, 0.2) is 0 Å². The molecule has 0 atom stereocenters. The summed E-state index contributed by atoms with van der Waals surface area (Å²) < 4.78 is 4.63. The zero-order valence-corrected chi connectivity index (χ0v) is 6.20. The van der Waals surface area contributed by atoms with Crippen LogP contribution in [0.1, 0.15) is 0 Å². The number of carboxylic acid groups (broad SMARTS) is 1. The van der Waals surface area contributed by atoms with E-state index in [1.165, 1.54) is 5.41 Å². The van der Waals surface area contributed by atoms with Gasteiger partial charge in [0, 0.05) is 24.1 Å². The topological polar surface area (TPSA) is 46.5 Å². The average Bonchev–Trinajstić information content (AvgIpc) is 1.80. The molecule has 0 saturated heterocycles. The van der Waals surface area contributed by atoms with Crippen molar-refractivity contribution in [1.29, 1.82) is 0 Å². The van der Waals surface area contributed by atoms with E-state index in [2.05, 4.69) is 10.2 Å². The maximum absolute atomic E-state index is 9.83. The van der Waals surface area contributed by atoms with E-state index in [0.717, 1.165) is 24.1 Å². The molecule has 3 nitrogen and oxygen atoms in total. The lowest BCUT2D eigenvalue weighted by Gasteiger charge is -1.91. The van der Waals surface area contributed by atoms with Gasteiger partial charge in [-0.1, -0.05) is 6.58 Å². The zero-order chi connectivity index (χ0) is 7.11. The van der Waals surface area contributed by atoms with Crippen molar-refractivity contribution >= 4 is 30.1 Å². The first-order valence-electron chi connectivity index (χ1n) is 2.05. The summed E-state index contributed by atoms with van der Waals surface area (Å²) in [7, 11) is 0. The van der Waals surface area contributed by atoms with Crippen molar-refractivity contribution in [3.8, 4) is 0 Å². The number of carboxylic acids is 1. The molecule has 5 heteroatoms. The molecular formula is C4H6O3S2. The molecule has 0 rings (SSSR count). The number of rotatable bonds is 5. The number of hydrogen-bond acceptors (Lipinski definition) is 4. The van der Waals surface area contributed by atoms with Crippen LogP contribution in [-0.4, -0.2) is 16.8 Å². The fraction of sp³-hybridized carbons (Fsp3) is 0.250. The SMILES string of the molecule is C=CSOSCC(=O)O. The Labute approximate surface area is 61.9 Å². The highest BCUT2D eigenvalue weighted by molar-refractivity contribution is 8.09. The van der Waals surface area contributed by atoms with Crippen molar-refractivity contribution in [2.45, 2.75) is 0 Å². The summed E-state index contributed by atoms with van der Waals surface area (Å²) in [4.78, 5) is 9.83. The smallest absolute Gasteiger partial charge is 0.315 e. The van der Waals surface area contributed by atoms with Gasteiger partial charge in [-0.2, -0.15) is 0 Å². The van der Waals surface area contributed by atoms with E-state index in [0.29, 0.717) is 0 Å². The molecule has 0 fully saturated rings. The van der Waals surface area contributed by atoms with Gasteiger partial charge in [-0.05, 0) is 5.41 Å². The van der Waals surface area contributed by atoms with Crippen LogP contribution in [0, 0.1) is 0 Å². The van der Waals surface area contributed by atoms with Crippen molar-refractivity contribution < 1.29 is 13.5 Å². The Balaban J connectivity index is 2.91. The molecule has 0 spiro atoms. The third kappa shape index (κ3) is 7.87. The molecule has 0 heterocycles. The van der Waals surface area contributed by atoms with Crippen LogP contribution in [0.25, 0.3) is 0 Å². The first kappa shape index (κ1) is 8.87. The normalized spacial score (nSPS) is 8.89. The highest BCUT2D eigenvalue weighted by Crippen LogP contribution is 2.13. The van der Waals surface area contributed by atoms with Crippen LogP contribution >= 0.6 is 24.1 Å².